The van der Waals surface area contributed by atoms with Crippen molar-refractivity contribution >= 4 is 35.6 Å². The zero-order valence-corrected chi connectivity index (χ0v) is 19.8. The Balaban J connectivity index is 0.00000392. The van der Waals surface area contributed by atoms with Crippen molar-refractivity contribution in [1.29, 1.82) is 0 Å². The summed E-state index contributed by atoms with van der Waals surface area (Å²) in [6.07, 6.45) is 1.90. The third-order valence-corrected chi connectivity index (χ3v) is 4.98. The van der Waals surface area contributed by atoms with E-state index in [0.29, 0.717) is 17.6 Å². The molecule has 28 heavy (non-hydrogen) atoms. The van der Waals surface area contributed by atoms with Crippen molar-refractivity contribution in [3.05, 3.63) is 24.3 Å². The minimum Gasteiger partial charge on any atom is -0.506 e. The van der Waals surface area contributed by atoms with Crippen molar-refractivity contribution in [1.82, 2.24) is 10.2 Å². The lowest BCUT2D eigenvalue weighted by Gasteiger charge is -2.38. The van der Waals surface area contributed by atoms with E-state index in [1.165, 1.54) is 0 Å². The van der Waals surface area contributed by atoms with E-state index >= 15 is 0 Å². The van der Waals surface area contributed by atoms with Crippen LogP contribution < -0.4 is 10.2 Å². The molecule has 0 spiro atoms. The molecule has 0 saturated carbocycles. The maximum Gasteiger partial charge on any atom is 0.194 e. The molecule has 6 nitrogen and oxygen atoms in total. The van der Waals surface area contributed by atoms with Crippen LogP contribution >= 0.6 is 24.0 Å². The van der Waals surface area contributed by atoms with Crippen molar-refractivity contribution in [2.24, 2.45) is 16.8 Å². The molecule has 1 saturated heterocycles. The molecule has 1 fully saturated rings. The number of nitrogens with one attached hydrogen (secondary N) is 1. The summed E-state index contributed by atoms with van der Waals surface area (Å²) in [6.45, 7) is 11.8. The molecule has 0 radical (unpaired) electrons. The Morgan fingerprint density at radius 2 is 1.86 bits per heavy atom. The summed E-state index contributed by atoms with van der Waals surface area (Å²) >= 11 is 0. The Morgan fingerprint density at radius 3 is 2.43 bits per heavy atom. The summed E-state index contributed by atoms with van der Waals surface area (Å²) in [5, 5.41) is 22.8. The Hall–Kier alpha value is -1.22. The molecule has 7 heteroatoms. The van der Waals surface area contributed by atoms with Crippen LogP contribution in [0.4, 0.5) is 5.69 Å². The minimum atomic E-state index is 0. The number of halogens is 1. The number of aromatic hydroxyl groups is 1. The summed E-state index contributed by atoms with van der Waals surface area (Å²) in [4.78, 5) is 9.40. The maximum absolute atomic E-state index is 10.1. The van der Waals surface area contributed by atoms with Crippen LogP contribution in [0.1, 0.15) is 33.6 Å². The SMILES string of the molecule is CCNC(=NCC(CCO)CC(C)C)N1CCN(c2ccccc2O)CC1.I. The van der Waals surface area contributed by atoms with Gasteiger partial charge < -0.3 is 25.3 Å². The lowest BCUT2D eigenvalue weighted by atomic mass is 9.94. The molecule has 1 aromatic carbocycles. The lowest BCUT2D eigenvalue weighted by molar-refractivity contribution is 0.245. The topological polar surface area (TPSA) is 71.3 Å². The fourth-order valence-electron chi connectivity index (χ4n) is 3.67. The zero-order valence-electron chi connectivity index (χ0n) is 17.5. The van der Waals surface area contributed by atoms with E-state index in [-0.39, 0.29) is 30.6 Å². The molecule has 1 aliphatic rings. The van der Waals surface area contributed by atoms with Gasteiger partial charge in [-0.15, -0.1) is 24.0 Å². The number of hydrogen-bond donors (Lipinski definition) is 3. The molecular formula is C21H37IN4O2. The van der Waals surface area contributed by atoms with Crippen LogP contribution in [0.3, 0.4) is 0 Å². The minimum absolute atomic E-state index is 0. The smallest absolute Gasteiger partial charge is 0.194 e. The van der Waals surface area contributed by atoms with Crippen molar-refractivity contribution in [2.75, 3.05) is 50.8 Å². The van der Waals surface area contributed by atoms with Crippen LogP contribution in [0.25, 0.3) is 0 Å². The van der Waals surface area contributed by atoms with Crippen molar-refractivity contribution < 1.29 is 10.2 Å². The molecule has 0 amide bonds. The van der Waals surface area contributed by atoms with E-state index in [1.807, 2.05) is 18.2 Å². The number of guanidine groups is 1. The van der Waals surface area contributed by atoms with Gasteiger partial charge in [0.1, 0.15) is 5.75 Å². The normalized spacial score (nSPS) is 16.1. The van der Waals surface area contributed by atoms with Gasteiger partial charge in [-0.25, -0.2) is 0 Å². The number of aliphatic hydroxyl groups is 1. The molecule has 1 unspecified atom stereocenters. The number of phenols is 1. The Labute approximate surface area is 187 Å². The molecule has 1 aromatic rings. The Morgan fingerprint density at radius 1 is 1.18 bits per heavy atom. The quantitative estimate of drug-likeness (QED) is 0.288. The number of piperazine rings is 1. The monoisotopic (exact) mass is 504 g/mol. The van der Waals surface area contributed by atoms with Gasteiger partial charge in [0.15, 0.2) is 5.96 Å². The Bertz CT molecular complexity index is 590. The zero-order chi connectivity index (χ0) is 19.6. The third kappa shape index (κ3) is 7.66. The first-order chi connectivity index (χ1) is 13.0. The molecule has 0 aromatic heterocycles. The van der Waals surface area contributed by atoms with E-state index in [9.17, 15) is 10.2 Å². The highest BCUT2D eigenvalue weighted by Gasteiger charge is 2.21. The largest absolute Gasteiger partial charge is 0.506 e. The average Bonchev–Trinajstić information content (AvgIpc) is 2.65. The third-order valence-electron chi connectivity index (χ3n) is 4.98. The van der Waals surface area contributed by atoms with Gasteiger partial charge >= 0.3 is 0 Å². The first kappa shape index (κ1) is 24.8. The van der Waals surface area contributed by atoms with E-state index in [4.69, 9.17) is 4.99 Å². The predicted octanol–water partition coefficient (Wildman–Crippen LogP) is 3.14. The number of benzene rings is 1. The van der Waals surface area contributed by atoms with Gasteiger partial charge in [-0.05, 0) is 43.7 Å². The van der Waals surface area contributed by atoms with Gasteiger partial charge in [-0.3, -0.25) is 4.99 Å². The molecule has 1 aliphatic heterocycles. The van der Waals surface area contributed by atoms with Crippen molar-refractivity contribution in [3.8, 4) is 5.75 Å². The summed E-state index contributed by atoms with van der Waals surface area (Å²) in [7, 11) is 0. The molecule has 0 bridgehead atoms. The lowest BCUT2D eigenvalue weighted by Crippen LogP contribution is -2.52. The van der Waals surface area contributed by atoms with Gasteiger partial charge in [0.2, 0.25) is 0 Å². The standard InChI is InChI=1S/C21H36N4O2.HI/c1-4-22-21(23-16-18(9-14-26)15-17(2)3)25-12-10-24(11-13-25)19-7-5-6-8-20(19)27;/h5-8,17-18,26-27H,4,9-16H2,1-3H3,(H,22,23);1H. The summed E-state index contributed by atoms with van der Waals surface area (Å²) < 4.78 is 0. The maximum atomic E-state index is 10.1. The van der Waals surface area contributed by atoms with Crippen LogP contribution in [-0.4, -0.2) is 66.9 Å². The molecule has 160 valence electrons. The van der Waals surface area contributed by atoms with Crippen molar-refractivity contribution in [3.63, 3.8) is 0 Å². The number of rotatable bonds is 8. The van der Waals surface area contributed by atoms with E-state index in [2.05, 4.69) is 35.9 Å². The number of hydrogen-bond acceptors (Lipinski definition) is 4. The molecular weight excluding hydrogens is 467 g/mol. The van der Waals surface area contributed by atoms with Gasteiger partial charge in [0.25, 0.3) is 0 Å². The number of anilines is 1. The number of aliphatic imine (C=N–C) groups is 1. The number of nitrogens with zero attached hydrogens (tertiary/aromatic N) is 3. The van der Waals surface area contributed by atoms with Crippen LogP contribution in [0.15, 0.2) is 29.3 Å². The van der Waals surface area contributed by atoms with Crippen LogP contribution in [0.2, 0.25) is 0 Å². The summed E-state index contributed by atoms with van der Waals surface area (Å²) in [5.74, 6) is 2.33. The summed E-state index contributed by atoms with van der Waals surface area (Å²) in [5.41, 5.74) is 0.902. The van der Waals surface area contributed by atoms with Gasteiger partial charge in [-0.2, -0.15) is 0 Å². The van der Waals surface area contributed by atoms with E-state index in [1.54, 1.807) is 6.07 Å². The van der Waals surface area contributed by atoms with Crippen LogP contribution in [0, 0.1) is 11.8 Å². The first-order valence-electron chi connectivity index (χ1n) is 10.2. The second-order valence-electron chi connectivity index (χ2n) is 7.67. The molecule has 2 rings (SSSR count). The molecule has 1 atom stereocenters. The number of para-hydroxylation sites is 2. The van der Waals surface area contributed by atoms with Crippen molar-refractivity contribution in [2.45, 2.75) is 33.6 Å². The van der Waals surface area contributed by atoms with Gasteiger partial charge in [0.05, 0.1) is 5.69 Å². The predicted molar refractivity (Wildman–Crippen MR) is 128 cm³/mol. The summed E-state index contributed by atoms with van der Waals surface area (Å²) in [6, 6.07) is 7.52. The van der Waals surface area contributed by atoms with E-state index < -0.39 is 0 Å². The van der Waals surface area contributed by atoms with Gasteiger partial charge in [-0.1, -0.05) is 26.0 Å². The second kappa shape index (κ2) is 13.1. The highest BCUT2D eigenvalue weighted by Crippen LogP contribution is 2.27. The number of phenolic OH excluding ortho intramolecular Hbond substituents is 1. The first-order valence-corrected chi connectivity index (χ1v) is 10.2. The highest BCUT2D eigenvalue weighted by atomic mass is 127. The fourth-order valence-corrected chi connectivity index (χ4v) is 3.67. The highest BCUT2D eigenvalue weighted by molar-refractivity contribution is 14.0. The Kier molecular flexibility index (Phi) is 11.6. The second-order valence-corrected chi connectivity index (χ2v) is 7.67. The average molecular weight is 504 g/mol. The van der Waals surface area contributed by atoms with E-state index in [0.717, 1.165) is 63.8 Å². The fraction of sp³-hybridized carbons (Fsp3) is 0.667. The molecule has 0 aliphatic carbocycles. The molecule has 1 heterocycles. The molecule has 3 N–H and O–H groups in total. The van der Waals surface area contributed by atoms with Crippen LogP contribution in [-0.2, 0) is 0 Å². The van der Waals surface area contributed by atoms with Gasteiger partial charge in [0, 0.05) is 45.9 Å². The van der Waals surface area contributed by atoms with Crippen LogP contribution in [0.5, 0.6) is 5.75 Å². The number of aliphatic hydroxyl groups excluding tert-OH is 1.